The number of hydrogen-bond acceptors (Lipinski definition) is 1. The molecule has 0 N–H and O–H groups in total. The zero-order valence-electron chi connectivity index (χ0n) is 9.75. The Labute approximate surface area is 106 Å². The SMILES string of the molecule is CC1(c2ccccc2Br)CC2CCN1CC2. The Morgan fingerprint density at radius 1 is 1.25 bits per heavy atom. The van der Waals surface area contributed by atoms with Crippen LogP contribution in [0.15, 0.2) is 28.7 Å². The molecule has 0 amide bonds. The van der Waals surface area contributed by atoms with Crippen molar-refractivity contribution in [2.45, 2.75) is 31.7 Å². The molecule has 1 unspecified atom stereocenters. The molecule has 1 aromatic carbocycles. The maximum absolute atomic E-state index is 3.71. The molecule has 4 rings (SSSR count). The maximum atomic E-state index is 3.71. The molecule has 0 radical (unpaired) electrons. The molecule has 3 heterocycles. The quantitative estimate of drug-likeness (QED) is 0.756. The Bertz CT molecular complexity index is 395. The van der Waals surface area contributed by atoms with Crippen molar-refractivity contribution >= 4 is 15.9 Å². The number of hydrogen-bond donors (Lipinski definition) is 0. The molecule has 0 saturated carbocycles. The average molecular weight is 280 g/mol. The van der Waals surface area contributed by atoms with Crippen LogP contribution in [0.1, 0.15) is 31.7 Å². The summed E-state index contributed by atoms with van der Waals surface area (Å²) in [6.07, 6.45) is 4.13. The lowest BCUT2D eigenvalue weighted by molar-refractivity contribution is -0.0218. The third kappa shape index (κ3) is 1.54. The molecule has 3 aliphatic rings. The molecule has 3 aliphatic heterocycles. The average Bonchev–Trinajstić information content (AvgIpc) is 2.30. The first-order valence-electron chi connectivity index (χ1n) is 6.20. The molecule has 0 spiro atoms. The molecule has 16 heavy (non-hydrogen) atoms. The van der Waals surface area contributed by atoms with Gasteiger partial charge in [-0.05, 0) is 56.8 Å². The van der Waals surface area contributed by atoms with E-state index in [0.29, 0.717) is 0 Å². The predicted octanol–water partition coefficient (Wildman–Crippen LogP) is 3.78. The standard InChI is InChI=1S/C14H18BrN/c1-14(12-4-2-3-5-13(12)15)10-11-6-8-16(14)9-7-11/h2-5,11H,6-10H2,1H3. The van der Waals surface area contributed by atoms with E-state index in [2.05, 4.69) is 52.0 Å². The van der Waals surface area contributed by atoms with Gasteiger partial charge < -0.3 is 0 Å². The van der Waals surface area contributed by atoms with Crippen molar-refractivity contribution in [3.63, 3.8) is 0 Å². The van der Waals surface area contributed by atoms with Gasteiger partial charge >= 0.3 is 0 Å². The summed E-state index contributed by atoms with van der Waals surface area (Å²) in [7, 11) is 0. The van der Waals surface area contributed by atoms with Crippen LogP contribution in [0.3, 0.4) is 0 Å². The van der Waals surface area contributed by atoms with Crippen molar-refractivity contribution in [1.82, 2.24) is 4.90 Å². The summed E-state index contributed by atoms with van der Waals surface area (Å²) < 4.78 is 1.27. The van der Waals surface area contributed by atoms with E-state index in [9.17, 15) is 0 Å². The van der Waals surface area contributed by atoms with Crippen LogP contribution in [-0.2, 0) is 5.54 Å². The Balaban J connectivity index is 2.02. The molecule has 1 aromatic rings. The van der Waals surface area contributed by atoms with E-state index in [-0.39, 0.29) is 5.54 Å². The van der Waals surface area contributed by atoms with E-state index in [1.54, 1.807) is 0 Å². The Kier molecular flexibility index (Phi) is 2.60. The van der Waals surface area contributed by atoms with Crippen LogP contribution in [0.25, 0.3) is 0 Å². The smallest absolute Gasteiger partial charge is 0.0446 e. The number of nitrogens with zero attached hydrogens (tertiary/aromatic N) is 1. The lowest BCUT2D eigenvalue weighted by Crippen LogP contribution is -2.54. The molecule has 86 valence electrons. The second kappa shape index (κ2) is 3.85. The molecular formula is C14H18BrN. The molecule has 3 fully saturated rings. The van der Waals surface area contributed by atoms with Crippen molar-refractivity contribution in [3.05, 3.63) is 34.3 Å². The van der Waals surface area contributed by atoms with Crippen LogP contribution in [0.2, 0.25) is 0 Å². The maximum Gasteiger partial charge on any atom is 0.0446 e. The summed E-state index contributed by atoms with van der Waals surface area (Å²) in [6, 6.07) is 8.72. The fourth-order valence-corrected chi connectivity index (χ4v) is 4.21. The molecule has 2 bridgehead atoms. The minimum absolute atomic E-state index is 0.265. The molecule has 1 nitrogen and oxygen atoms in total. The van der Waals surface area contributed by atoms with Crippen LogP contribution < -0.4 is 0 Å². The van der Waals surface area contributed by atoms with Gasteiger partial charge in [0.15, 0.2) is 0 Å². The lowest BCUT2D eigenvalue weighted by atomic mass is 9.72. The molecule has 3 saturated heterocycles. The van der Waals surface area contributed by atoms with Gasteiger partial charge in [-0.15, -0.1) is 0 Å². The van der Waals surface area contributed by atoms with Gasteiger partial charge in [-0.1, -0.05) is 34.1 Å². The monoisotopic (exact) mass is 279 g/mol. The van der Waals surface area contributed by atoms with Crippen LogP contribution >= 0.6 is 15.9 Å². The Hall–Kier alpha value is -0.340. The fourth-order valence-electron chi connectivity index (χ4n) is 3.50. The molecule has 0 aliphatic carbocycles. The second-order valence-electron chi connectivity index (χ2n) is 5.39. The summed E-state index contributed by atoms with van der Waals surface area (Å²) in [5.74, 6) is 0.946. The van der Waals surface area contributed by atoms with Gasteiger partial charge in [0.2, 0.25) is 0 Å². The van der Waals surface area contributed by atoms with E-state index >= 15 is 0 Å². The van der Waals surface area contributed by atoms with Gasteiger partial charge in [-0.2, -0.15) is 0 Å². The predicted molar refractivity (Wildman–Crippen MR) is 70.4 cm³/mol. The van der Waals surface area contributed by atoms with Crippen LogP contribution in [-0.4, -0.2) is 18.0 Å². The van der Waals surface area contributed by atoms with Crippen LogP contribution in [0, 0.1) is 5.92 Å². The lowest BCUT2D eigenvalue weighted by Gasteiger charge is -2.53. The van der Waals surface area contributed by atoms with E-state index in [1.165, 1.54) is 42.4 Å². The van der Waals surface area contributed by atoms with Crippen molar-refractivity contribution in [2.75, 3.05) is 13.1 Å². The number of fused-ring (bicyclic) bond motifs is 3. The van der Waals surface area contributed by atoms with Gasteiger partial charge in [0.25, 0.3) is 0 Å². The minimum Gasteiger partial charge on any atom is -0.294 e. The highest BCUT2D eigenvalue weighted by Crippen LogP contribution is 2.46. The fraction of sp³-hybridized carbons (Fsp3) is 0.571. The first-order valence-corrected chi connectivity index (χ1v) is 6.99. The summed E-state index contributed by atoms with van der Waals surface area (Å²) >= 11 is 3.71. The van der Waals surface area contributed by atoms with Gasteiger partial charge in [-0.3, -0.25) is 4.90 Å². The molecular weight excluding hydrogens is 262 g/mol. The second-order valence-corrected chi connectivity index (χ2v) is 6.24. The highest BCUT2D eigenvalue weighted by atomic mass is 79.9. The van der Waals surface area contributed by atoms with Gasteiger partial charge in [0.1, 0.15) is 0 Å². The largest absolute Gasteiger partial charge is 0.294 e. The number of halogens is 1. The number of rotatable bonds is 1. The molecule has 0 aromatic heterocycles. The molecule has 2 heteroatoms. The van der Waals surface area contributed by atoms with Gasteiger partial charge in [-0.25, -0.2) is 0 Å². The third-order valence-electron chi connectivity index (χ3n) is 4.45. The van der Waals surface area contributed by atoms with E-state index in [1.807, 2.05) is 0 Å². The summed E-state index contributed by atoms with van der Waals surface area (Å²) in [4.78, 5) is 2.67. The van der Waals surface area contributed by atoms with Crippen molar-refractivity contribution in [1.29, 1.82) is 0 Å². The third-order valence-corrected chi connectivity index (χ3v) is 5.14. The van der Waals surface area contributed by atoms with Crippen LogP contribution in [0.5, 0.6) is 0 Å². The summed E-state index contributed by atoms with van der Waals surface area (Å²) in [6.45, 7) is 4.98. The summed E-state index contributed by atoms with van der Waals surface area (Å²) in [5.41, 5.74) is 1.74. The van der Waals surface area contributed by atoms with Crippen molar-refractivity contribution in [3.8, 4) is 0 Å². The van der Waals surface area contributed by atoms with E-state index in [4.69, 9.17) is 0 Å². The van der Waals surface area contributed by atoms with E-state index < -0.39 is 0 Å². The Morgan fingerprint density at radius 3 is 2.50 bits per heavy atom. The normalized spacial score (nSPS) is 37.6. The molecule has 1 atom stereocenters. The topological polar surface area (TPSA) is 3.24 Å². The van der Waals surface area contributed by atoms with E-state index in [0.717, 1.165) is 5.92 Å². The van der Waals surface area contributed by atoms with Gasteiger partial charge in [0.05, 0.1) is 0 Å². The number of piperidine rings is 3. The first-order chi connectivity index (χ1) is 7.70. The van der Waals surface area contributed by atoms with Gasteiger partial charge in [0, 0.05) is 10.0 Å². The van der Waals surface area contributed by atoms with Crippen molar-refractivity contribution in [2.24, 2.45) is 5.92 Å². The van der Waals surface area contributed by atoms with Crippen molar-refractivity contribution < 1.29 is 0 Å². The number of benzene rings is 1. The zero-order chi connectivity index (χ0) is 11.2. The highest BCUT2D eigenvalue weighted by molar-refractivity contribution is 9.10. The Morgan fingerprint density at radius 2 is 1.94 bits per heavy atom. The van der Waals surface area contributed by atoms with Crippen LogP contribution in [0.4, 0.5) is 0 Å². The highest BCUT2D eigenvalue weighted by Gasteiger charge is 2.44. The minimum atomic E-state index is 0.265. The first kappa shape index (κ1) is 10.8. The zero-order valence-corrected chi connectivity index (χ0v) is 11.3. The summed E-state index contributed by atoms with van der Waals surface area (Å²) in [5, 5.41) is 0.